The first kappa shape index (κ1) is 55.7. The zero-order chi connectivity index (χ0) is 45.4. The van der Waals surface area contributed by atoms with Crippen molar-refractivity contribution in [2.75, 3.05) is 32.2 Å². The molecule has 2 aromatic rings. The summed E-state index contributed by atoms with van der Waals surface area (Å²) in [5.41, 5.74) is 5.74. The van der Waals surface area contributed by atoms with Gasteiger partial charge in [-0.3, -0.25) is 27.9 Å². The first-order chi connectivity index (χ1) is 30.6. The Morgan fingerprint density at radius 3 is 1.37 bits per heavy atom. The van der Waals surface area contributed by atoms with Gasteiger partial charge in [-0.25, -0.2) is 14.1 Å². The number of hydrogen-bond acceptors (Lipinski definition) is 10. The summed E-state index contributed by atoms with van der Waals surface area (Å²) in [5, 5.41) is 0. The van der Waals surface area contributed by atoms with Gasteiger partial charge in [-0.1, -0.05) is 206 Å². The fourth-order valence-electron chi connectivity index (χ4n) is 8.83. The maximum Gasteiger partial charge on any atom is 0.472 e. The quantitative estimate of drug-likeness (QED) is 0.0363. The van der Waals surface area contributed by atoms with Gasteiger partial charge in [0.25, 0.3) is 5.56 Å². The Balaban J connectivity index is 1.31. The van der Waals surface area contributed by atoms with E-state index in [1.807, 2.05) is 0 Å². The first-order valence-corrected chi connectivity index (χ1v) is 28.5. The number of nitrogens with two attached hydrogens (primary N) is 1. The summed E-state index contributed by atoms with van der Waals surface area (Å²) in [6.07, 6.45) is 41.5. The number of aromatic nitrogens is 4. The predicted octanol–water partition coefficient (Wildman–Crippen LogP) is 13.7. The second-order valence-corrected chi connectivity index (χ2v) is 21.2. The van der Waals surface area contributed by atoms with Gasteiger partial charge in [0.2, 0.25) is 5.95 Å². The van der Waals surface area contributed by atoms with Gasteiger partial charge in [-0.05, 0) is 25.2 Å². The van der Waals surface area contributed by atoms with Crippen LogP contribution in [0, 0.1) is 11.8 Å². The van der Waals surface area contributed by atoms with Crippen molar-refractivity contribution in [3.05, 3.63) is 16.7 Å². The molecule has 1 aliphatic rings. The molecule has 2 aromatic heterocycles. The van der Waals surface area contributed by atoms with Crippen molar-refractivity contribution >= 4 is 32.8 Å². The number of fused-ring (bicyclic) bond motifs is 1. The number of nitrogens with one attached hydrogen (secondary N) is 1. The third-order valence-corrected chi connectivity index (χ3v) is 14.8. The Morgan fingerprint density at radius 2 is 0.968 bits per heavy atom. The predicted molar refractivity (Wildman–Crippen MR) is 256 cm³/mol. The molecule has 5 N–H and O–H groups in total. The molecule has 0 aliphatic heterocycles. The van der Waals surface area contributed by atoms with Crippen LogP contribution in [-0.2, 0) is 27.2 Å². The lowest BCUT2D eigenvalue weighted by molar-refractivity contribution is -0.0108. The van der Waals surface area contributed by atoms with Crippen LogP contribution in [0.4, 0.5) is 5.95 Å². The van der Waals surface area contributed by atoms with E-state index in [-0.39, 0.29) is 55.5 Å². The van der Waals surface area contributed by atoms with E-state index in [0.717, 1.165) is 38.5 Å². The molecule has 3 rings (SSSR count). The van der Waals surface area contributed by atoms with Crippen LogP contribution in [0.15, 0.2) is 11.1 Å². The number of phosphoric ester groups is 2. The lowest BCUT2D eigenvalue weighted by Gasteiger charge is -2.45. The zero-order valence-corrected chi connectivity index (χ0v) is 41.3. The van der Waals surface area contributed by atoms with Gasteiger partial charge < -0.3 is 20.1 Å². The van der Waals surface area contributed by atoms with Gasteiger partial charge in [0.05, 0.1) is 32.8 Å². The van der Waals surface area contributed by atoms with E-state index < -0.39 is 27.1 Å². The topological polar surface area (TPSA) is 201 Å². The molecule has 0 spiro atoms. The lowest BCUT2D eigenvalue weighted by Crippen LogP contribution is -2.43. The largest absolute Gasteiger partial charge is 0.472 e. The molecule has 0 amide bonds. The van der Waals surface area contributed by atoms with Gasteiger partial charge in [0.15, 0.2) is 11.2 Å². The zero-order valence-electron chi connectivity index (χ0n) is 39.5. The Hall–Kier alpha value is -1.63. The molecule has 0 aromatic carbocycles. The van der Waals surface area contributed by atoms with E-state index in [0.29, 0.717) is 19.3 Å². The SMILES string of the molecule is CCCCCCCCCCCCCCCCCCOP(=O)(O)OCC1CC(n2cnc3c(=O)[nH]c(N)nc32)C1COP(=O)(O)OCCCCCCCCCCCCCCCCCC. The molecule has 0 saturated heterocycles. The van der Waals surface area contributed by atoms with Crippen LogP contribution in [0.3, 0.4) is 0 Å². The summed E-state index contributed by atoms with van der Waals surface area (Å²) in [7, 11) is -8.72. The van der Waals surface area contributed by atoms with Crippen molar-refractivity contribution in [3.8, 4) is 0 Å². The van der Waals surface area contributed by atoms with Crippen LogP contribution in [0.5, 0.6) is 0 Å². The fourth-order valence-corrected chi connectivity index (χ4v) is 10.4. The molecule has 63 heavy (non-hydrogen) atoms. The molecule has 366 valence electrons. The fraction of sp³-hybridized carbons (Fsp3) is 0.894. The number of imidazole rings is 1. The molecule has 16 heteroatoms. The van der Waals surface area contributed by atoms with Gasteiger partial charge in [-0.15, -0.1) is 0 Å². The van der Waals surface area contributed by atoms with Crippen LogP contribution in [-0.4, -0.2) is 55.7 Å². The average molecular weight is 930 g/mol. The monoisotopic (exact) mass is 930 g/mol. The number of anilines is 1. The van der Waals surface area contributed by atoms with Gasteiger partial charge in [0, 0.05) is 12.0 Å². The standard InChI is InChI=1S/C47H89N5O9P2/c1-3-5-7-9-11-13-15-17-19-21-23-25-27-29-31-33-35-58-62(54,55)60-38-41-37-43(52-40-49-44-45(52)50-47(48)51-46(44)53)42(41)39-61-63(56,57)59-36-34-32-30-28-26-24-22-20-18-16-14-12-10-8-6-4-2/h40-43H,3-39H2,1-2H3,(H,54,55)(H,56,57)(H3,48,50,51,53). The van der Waals surface area contributed by atoms with Gasteiger partial charge in [-0.2, -0.15) is 4.98 Å². The Kier molecular flexibility index (Phi) is 29.9. The highest BCUT2D eigenvalue weighted by Crippen LogP contribution is 2.52. The number of unbranched alkanes of at least 4 members (excludes halogenated alkanes) is 30. The van der Waals surface area contributed by atoms with Crippen LogP contribution >= 0.6 is 15.6 Å². The smallest absolute Gasteiger partial charge is 0.369 e. The number of hydrogen-bond donors (Lipinski definition) is 4. The van der Waals surface area contributed by atoms with Crippen LogP contribution < -0.4 is 11.3 Å². The Morgan fingerprint density at radius 1 is 0.603 bits per heavy atom. The molecular formula is C47H89N5O9P2. The highest BCUT2D eigenvalue weighted by atomic mass is 31.2. The number of nitrogen functional groups attached to an aromatic ring is 1. The number of rotatable bonds is 43. The molecular weight excluding hydrogens is 840 g/mol. The Bertz CT molecular complexity index is 1610. The normalized spacial score (nSPS) is 18.4. The van der Waals surface area contributed by atoms with Crippen LogP contribution in [0.2, 0.25) is 0 Å². The average Bonchev–Trinajstić information content (AvgIpc) is 3.66. The van der Waals surface area contributed by atoms with Crippen LogP contribution in [0.1, 0.15) is 232 Å². The molecule has 2 heterocycles. The van der Waals surface area contributed by atoms with Crippen LogP contribution in [0.25, 0.3) is 11.2 Å². The highest BCUT2D eigenvalue weighted by Gasteiger charge is 2.45. The van der Waals surface area contributed by atoms with Crippen molar-refractivity contribution in [1.29, 1.82) is 0 Å². The third kappa shape index (κ3) is 24.6. The van der Waals surface area contributed by atoms with E-state index in [9.17, 15) is 23.7 Å². The maximum atomic E-state index is 13.0. The second-order valence-electron chi connectivity index (χ2n) is 18.3. The van der Waals surface area contributed by atoms with Crippen molar-refractivity contribution in [3.63, 3.8) is 0 Å². The number of nitrogens with zero attached hydrogens (tertiary/aromatic N) is 3. The lowest BCUT2D eigenvalue weighted by atomic mass is 9.70. The summed E-state index contributed by atoms with van der Waals surface area (Å²) >= 11 is 0. The first-order valence-electron chi connectivity index (χ1n) is 25.5. The summed E-state index contributed by atoms with van der Waals surface area (Å²) in [5.74, 6) is -0.845. The van der Waals surface area contributed by atoms with E-state index in [1.165, 1.54) is 160 Å². The summed E-state index contributed by atoms with van der Waals surface area (Å²) in [4.78, 5) is 44.4. The molecule has 1 aliphatic carbocycles. The third-order valence-electron chi connectivity index (χ3n) is 12.8. The number of H-pyrrole nitrogens is 1. The molecule has 5 atom stereocenters. The maximum absolute atomic E-state index is 13.0. The minimum absolute atomic E-state index is 0.0636. The Labute approximate surface area is 380 Å². The van der Waals surface area contributed by atoms with Gasteiger partial charge >= 0.3 is 15.6 Å². The van der Waals surface area contributed by atoms with Crippen molar-refractivity contribution in [2.45, 2.75) is 232 Å². The highest BCUT2D eigenvalue weighted by molar-refractivity contribution is 7.47. The van der Waals surface area contributed by atoms with E-state index >= 15 is 0 Å². The van der Waals surface area contributed by atoms with Crippen molar-refractivity contribution in [1.82, 2.24) is 19.5 Å². The second kappa shape index (κ2) is 33.8. The summed E-state index contributed by atoms with van der Waals surface area (Å²) in [6, 6.07) is -0.360. The molecule has 14 nitrogen and oxygen atoms in total. The molecule has 5 unspecified atom stereocenters. The minimum Gasteiger partial charge on any atom is -0.369 e. The van der Waals surface area contributed by atoms with E-state index in [4.69, 9.17) is 23.8 Å². The van der Waals surface area contributed by atoms with Gasteiger partial charge in [0.1, 0.15) is 0 Å². The summed E-state index contributed by atoms with van der Waals surface area (Å²) < 4.78 is 49.1. The number of phosphoric acid groups is 2. The van der Waals surface area contributed by atoms with E-state index in [1.54, 1.807) is 4.57 Å². The molecule has 0 radical (unpaired) electrons. The molecule has 0 bridgehead atoms. The van der Waals surface area contributed by atoms with Crippen molar-refractivity contribution < 1.29 is 37.0 Å². The summed E-state index contributed by atoms with van der Waals surface area (Å²) in [6.45, 7) is 4.43. The minimum atomic E-state index is -4.39. The molecule has 1 saturated carbocycles. The number of aromatic amines is 1. The van der Waals surface area contributed by atoms with Crippen molar-refractivity contribution in [2.24, 2.45) is 11.8 Å². The molecule has 1 fully saturated rings. The van der Waals surface area contributed by atoms with E-state index in [2.05, 4.69) is 28.8 Å².